The number of hydrogen-bond acceptors (Lipinski definition) is 2. The summed E-state index contributed by atoms with van der Waals surface area (Å²) < 4.78 is 2.85. The molecule has 0 aliphatic rings. The molecular formula is C6H10INO2. The molecule has 0 rings (SSSR count). The summed E-state index contributed by atoms with van der Waals surface area (Å²) in [5.74, 6) is -0.781. The fraction of sp³-hybridized carbons (Fsp3) is 0.500. The van der Waals surface area contributed by atoms with Gasteiger partial charge in [-0.25, -0.2) is 0 Å². The lowest BCUT2D eigenvalue weighted by Crippen LogP contribution is -2.22. The van der Waals surface area contributed by atoms with Crippen LogP contribution in [0.1, 0.15) is 12.8 Å². The standard InChI is InChI=1S/C6H10INO2/c1-2-3-5(8-7)4-6(9)10/h2,5,8H,1,3-4H2,(H,9,10). The summed E-state index contributed by atoms with van der Waals surface area (Å²) in [7, 11) is 0. The Morgan fingerprint density at radius 3 is 2.80 bits per heavy atom. The van der Waals surface area contributed by atoms with Gasteiger partial charge in [0.2, 0.25) is 0 Å². The number of aliphatic carboxylic acids is 1. The smallest absolute Gasteiger partial charge is 0.304 e. The molecule has 0 aromatic heterocycles. The molecule has 0 amide bonds. The minimum Gasteiger partial charge on any atom is -0.481 e. The van der Waals surface area contributed by atoms with Crippen molar-refractivity contribution in [1.29, 1.82) is 0 Å². The second-order valence-corrected chi connectivity index (χ2v) is 2.55. The first-order valence-electron chi connectivity index (χ1n) is 2.89. The van der Waals surface area contributed by atoms with Crippen LogP contribution in [0.5, 0.6) is 0 Å². The van der Waals surface area contributed by atoms with Crippen LogP contribution in [0.3, 0.4) is 0 Å². The first-order chi connectivity index (χ1) is 4.70. The second kappa shape index (κ2) is 5.67. The molecule has 1 unspecified atom stereocenters. The Kier molecular flexibility index (Phi) is 5.61. The Bertz CT molecular complexity index is 127. The predicted molar refractivity (Wildman–Crippen MR) is 48.0 cm³/mol. The molecule has 0 fully saturated rings. The van der Waals surface area contributed by atoms with E-state index in [0.29, 0.717) is 6.42 Å². The molecule has 0 spiro atoms. The van der Waals surface area contributed by atoms with Crippen LogP contribution in [0.15, 0.2) is 12.7 Å². The van der Waals surface area contributed by atoms with Crippen LogP contribution in [0.4, 0.5) is 0 Å². The number of carboxylic acids is 1. The average molecular weight is 255 g/mol. The number of halogens is 1. The van der Waals surface area contributed by atoms with Crippen LogP contribution in [0, 0.1) is 0 Å². The van der Waals surface area contributed by atoms with Gasteiger partial charge in [0.25, 0.3) is 0 Å². The molecule has 2 N–H and O–H groups in total. The average Bonchev–Trinajstić information content (AvgIpc) is 1.86. The summed E-state index contributed by atoms with van der Waals surface area (Å²) in [6.45, 7) is 3.52. The van der Waals surface area contributed by atoms with E-state index in [2.05, 4.69) is 10.1 Å². The van der Waals surface area contributed by atoms with E-state index in [1.54, 1.807) is 6.08 Å². The molecule has 1 atom stereocenters. The molecule has 0 heterocycles. The third-order valence-electron chi connectivity index (χ3n) is 1.03. The molecule has 10 heavy (non-hydrogen) atoms. The van der Waals surface area contributed by atoms with Crippen LogP contribution >= 0.6 is 22.9 Å². The zero-order valence-corrected chi connectivity index (χ0v) is 7.67. The van der Waals surface area contributed by atoms with E-state index < -0.39 is 5.97 Å². The van der Waals surface area contributed by atoms with Gasteiger partial charge in [0.1, 0.15) is 0 Å². The highest BCUT2D eigenvalue weighted by molar-refractivity contribution is 14.1. The monoisotopic (exact) mass is 255 g/mol. The Morgan fingerprint density at radius 2 is 2.50 bits per heavy atom. The quantitative estimate of drug-likeness (QED) is 0.443. The molecule has 0 saturated heterocycles. The first kappa shape index (κ1) is 9.90. The lowest BCUT2D eigenvalue weighted by Gasteiger charge is -2.07. The fourth-order valence-electron chi connectivity index (χ4n) is 0.578. The number of carbonyl (C=O) groups is 1. The van der Waals surface area contributed by atoms with Gasteiger partial charge in [-0.3, -0.25) is 8.32 Å². The van der Waals surface area contributed by atoms with Crippen molar-refractivity contribution < 1.29 is 9.90 Å². The zero-order valence-electron chi connectivity index (χ0n) is 5.51. The lowest BCUT2D eigenvalue weighted by atomic mass is 10.1. The van der Waals surface area contributed by atoms with E-state index in [4.69, 9.17) is 5.11 Å². The molecule has 3 nitrogen and oxygen atoms in total. The van der Waals surface area contributed by atoms with Crippen molar-refractivity contribution in [2.45, 2.75) is 18.9 Å². The number of rotatable bonds is 5. The van der Waals surface area contributed by atoms with Gasteiger partial charge in [-0.05, 0) is 6.42 Å². The van der Waals surface area contributed by atoms with Gasteiger partial charge in [0, 0.05) is 28.9 Å². The molecule has 0 bridgehead atoms. The molecule has 58 valence electrons. The van der Waals surface area contributed by atoms with Gasteiger partial charge >= 0.3 is 5.97 Å². The molecule has 0 aromatic carbocycles. The van der Waals surface area contributed by atoms with Crippen molar-refractivity contribution in [3.63, 3.8) is 0 Å². The SMILES string of the molecule is C=CCC(CC(=O)O)NI. The van der Waals surface area contributed by atoms with Gasteiger partial charge in [0.05, 0.1) is 6.42 Å². The minimum absolute atomic E-state index is 0.00981. The Morgan fingerprint density at radius 1 is 1.90 bits per heavy atom. The highest BCUT2D eigenvalue weighted by Crippen LogP contribution is 2.00. The van der Waals surface area contributed by atoms with Crippen LogP contribution in [0.2, 0.25) is 0 Å². The maximum absolute atomic E-state index is 10.2. The maximum Gasteiger partial charge on any atom is 0.304 e. The summed E-state index contributed by atoms with van der Waals surface area (Å²) in [6.07, 6.45) is 2.55. The Labute approximate surface area is 74.0 Å². The predicted octanol–water partition coefficient (Wildman–Crippen LogP) is 1.35. The van der Waals surface area contributed by atoms with Crippen molar-refractivity contribution in [3.05, 3.63) is 12.7 Å². The lowest BCUT2D eigenvalue weighted by molar-refractivity contribution is -0.137. The van der Waals surface area contributed by atoms with Crippen LogP contribution in [0.25, 0.3) is 0 Å². The van der Waals surface area contributed by atoms with Crippen LogP contribution in [-0.2, 0) is 4.79 Å². The van der Waals surface area contributed by atoms with Gasteiger partial charge in [-0.15, -0.1) is 6.58 Å². The summed E-state index contributed by atoms with van der Waals surface area (Å²) in [6, 6.07) is 0.00981. The first-order valence-corrected chi connectivity index (χ1v) is 3.97. The van der Waals surface area contributed by atoms with Crippen molar-refractivity contribution >= 4 is 28.8 Å². The third kappa shape index (κ3) is 4.75. The van der Waals surface area contributed by atoms with E-state index in [0.717, 1.165) is 0 Å². The topological polar surface area (TPSA) is 49.3 Å². The van der Waals surface area contributed by atoms with E-state index in [1.807, 2.05) is 22.9 Å². The second-order valence-electron chi connectivity index (χ2n) is 1.93. The normalized spacial score (nSPS) is 12.5. The van der Waals surface area contributed by atoms with E-state index in [1.165, 1.54) is 0 Å². The van der Waals surface area contributed by atoms with E-state index in [9.17, 15) is 4.79 Å². The zero-order chi connectivity index (χ0) is 7.98. The molecule has 0 saturated carbocycles. The molecule has 4 heteroatoms. The largest absolute Gasteiger partial charge is 0.481 e. The van der Waals surface area contributed by atoms with Crippen LogP contribution < -0.4 is 3.53 Å². The summed E-state index contributed by atoms with van der Waals surface area (Å²) >= 11 is 1.95. The maximum atomic E-state index is 10.2. The fourth-order valence-corrected chi connectivity index (χ4v) is 1.05. The molecule has 0 aliphatic carbocycles. The molecular weight excluding hydrogens is 245 g/mol. The molecule has 0 aliphatic heterocycles. The van der Waals surface area contributed by atoms with Crippen molar-refractivity contribution in [2.75, 3.05) is 0 Å². The summed E-state index contributed by atoms with van der Waals surface area (Å²) in [4.78, 5) is 10.2. The van der Waals surface area contributed by atoms with Crippen molar-refractivity contribution in [2.24, 2.45) is 0 Å². The summed E-state index contributed by atoms with van der Waals surface area (Å²) in [5.41, 5.74) is 0. The van der Waals surface area contributed by atoms with E-state index in [-0.39, 0.29) is 12.5 Å². The van der Waals surface area contributed by atoms with Crippen molar-refractivity contribution in [3.8, 4) is 0 Å². The van der Waals surface area contributed by atoms with Gasteiger partial charge in [-0.1, -0.05) is 6.08 Å². The Balaban J connectivity index is 3.59. The minimum atomic E-state index is -0.781. The van der Waals surface area contributed by atoms with Gasteiger partial charge < -0.3 is 5.11 Å². The number of nitrogens with one attached hydrogen (secondary N) is 1. The third-order valence-corrected chi connectivity index (χ3v) is 1.91. The molecule has 0 radical (unpaired) electrons. The number of carboxylic acid groups (broad SMARTS) is 1. The van der Waals surface area contributed by atoms with Crippen LogP contribution in [-0.4, -0.2) is 17.1 Å². The Hall–Kier alpha value is -0.100. The summed E-state index contributed by atoms with van der Waals surface area (Å²) in [5, 5.41) is 8.36. The highest BCUT2D eigenvalue weighted by Gasteiger charge is 2.08. The highest BCUT2D eigenvalue weighted by atomic mass is 127. The molecule has 0 aromatic rings. The van der Waals surface area contributed by atoms with Gasteiger partial charge in [0.15, 0.2) is 0 Å². The van der Waals surface area contributed by atoms with Crippen molar-refractivity contribution in [1.82, 2.24) is 3.53 Å². The number of hydrogen-bond donors (Lipinski definition) is 2. The van der Waals surface area contributed by atoms with Gasteiger partial charge in [-0.2, -0.15) is 0 Å². The van der Waals surface area contributed by atoms with E-state index >= 15 is 0 Å².